The van der Waals surface area contributed by atoms with E-state index >= 15 is 0 Å². The number of thiocarbonyl (C=S) groups is 1. The predicted octanol–water partition coefficient (Wildman–Crippen LogP) is 1.46. The summed E-state index contributed by atoms with van der Waals surface area (Å²) in [5, 5.41) is 6.98. The van der Waals surface area contributed by atoms with Crippen LogP contribution in [0, 0.1) is 0 Å². The van der Waals surface area contributed by atoms with Crippen LogP contribution in [0.2, 0.25) is 0 Å². The number of nitrogens with one attached hydrogen (secondary N) is 2. The van der Waals surface area contributed by atoms with E-state index in [0.29, 0.717) is 18.3 Å². The number of nitrogens with zero attached hydrogens (tertiary/aromatic N) is 1. The highest BCUT2D eigenvalue weighted by molar-refractivity contribution is 7.80. The highest BCUT2D eigenvalue weighted by Gasteiger charge is 2.14. The van der Waals surface area contributed by atoms with E-state index in [4.69, 9.17) is 21.7 Å². The van der Waals surface area contributed by atoms with Gasteiger partial charge in [-0.25, -0.2) is 0 Å². The number of hydrogen-bond acceptors (Lipinski definition) is 4. The molecular weight excluding hydrogens is 274 g/mol. The van der Waals surface area contributed by atoms with Crippen molar-refractivity contribution in [3.8, 4) is 0 Å². The van der Waals surface area contributed by atoms with Crippen LogP contribution in [0.3, 0.4) is 0 Å². The molecule has 1 fully saturated rings. The molecule has 1 aliphatic rings. The number of morpholine rings is 1. The number of benzene rings is 1. The molecule has 1 aliphatic heterocycles. The fraction of sp³-hybridized carbons (Fsp3) is 0.500. The van der Waals surface area contributed by atoms with Gasteiger partial charge in [-0.15, -0.1) is 0 Å². The van der Waals surface area contributed by atoms with Crippen LogP contribution < -0.4 is 15.5 Å². The Bertz CT molecular complexity index is 436. The van der Waals surface area contributed by atoms with Crippen molar-refractivity contribution in [3.05, 3.63) is 24.3 Å². The Hall–Kier alpha value is -1.37. The Kier molecular flexibility index (Phi) is 6.04. The van der Waals surface area contributed by atoms with Crippen LogP contribution >= 0.6 is 12.2 Å². The quantitative estimate of drug-likeness (QED) is 0.633. The Morgan fingerprint density at radius 2 is 2.10 bits per heavy atom. The first-order valence-electron chi connectivity index (χ1n) is 6.77. The summed E-state index contributed by atoms with van der Waals surface area (Å²) in [6.45, 7) is 4.68. The zero-order chi connectivity index (χ0) is 14.2. The smallest absolute Gasteiger partial charge is 0.170 e. The Balaban J connectivity index is 1.98. The second kappa shape index (κ2) is 8.04. The molecule has 6 heteroatoms. The van der Waals surface area contributed by atoms with Gasteiger partial charge >= 0.3 is 0 Å². The van der Waals surface area contributed by atoms with E-state index < -0.39 is 0 Å². The standard InChI is InChI=1S/C14H21N3O2S/c1-18-9-6-15-14(20)16-12-4-2-3-5-13(12)17-7-10-19-11-8-17/h2-5H,6-11H2,1H3,(H2,15,16,20). The van der Waals surface area contributed by atoms with E-state index in [2.05, 4.69) is 21.6 Å². The minimum absolute atomic E-state index is 0.614. The molecule has 0 unspecified atom stereocenters. The number of para-hydroxylation sites is 2. The fourth-order valence-electron chi connectivity index (χ4n) is 2.09. The molecule has 20 heavy (non-hydrogen) atoms. The molecule has 0 amide bonds. The molecule has 0 spiro atoms. The molecule has 5 nitrogen and oxygen atoms in total. The van der Waals surface area contributed by atoms with Crippen LogP contribution in [-0.4, -0.2) is 51.7 Å². The van der Waals surface area contributed by atoms with Gasteiger partial charge in [-0.3, -0.25) is 0 Å². The van der Waals surface area contributed by atoms with E-state index in [1.54, 1.807) is 7.11 Å². The van der Waals surface area contributed by atoms with Gasteiger partial charge in [-0.05, 0) is 24.4 Å². The van der Waals surface area contributed by atoms with Crippen LogP contribution in [0.5, 0.6) is 0 Å². The molecule has 1 aromatic carbocycles. The molecule has 0 bridgehead atoms. The summed E-state index contributed by atoms with van der Waals surface area (Å²) in [6, 6.07) is 8.18. The van der Waals surface area contributed by atoms with Gasteiger partial charge in [0.1, 0.15) is 0 Å². The van der Waals surface area contributed by atoms with Gasteiger partial charge in [-0.2, -0.15) is 0 Å². The first kappa shape index (κ1) is 15.0. The third-order valence-corrected chi connectivity index (χ3v) is 3.34. The monoisotopic (exact) mass is 295 g/mol. The summed E-state index contributed by atoms with van der Waals surface area (Å²) >= 11 is 5.29. The third-order valence-electron chi connectivity index (χ3n) is 3.10. The summed E-state index contributed by atoms with van der Waals surface area (Å²) in [5.74, 6) is 0. The van der Waals surface area contributed by atoms with E-state index in [1.807, 2.05) is 18.2 Å². The van der Waals surface area contributed by atoms with Crippen molar-refractivity contribution >= 4 is 28.7 Å². The minimum Gasteiger partial charge on any atom is -0.383 e. The minimum atomic E-state index is 0.614. The molecule has 0 atom stereocenters. The molecule has 2 rings (SSSR count). The van der Waals surface area contributed by atoms with Gasteiger partial charge in [0.2, 0.25) is 0 Å². The van der Waals surface area contributed by atoms with Crippen LogP contribution in [0.15, 0.2) is 24.3 Å². The normalized spacial score (nSPS) is 14.9. The number of hydrogen-bond donors (Lipinski definition) is 2. The fourth-order valence-corrected chi connectivity index (χ4v) is 2.30. The van der Waals surface area contributed by atoms with Crippen LogP contribution in [0.1, 0.15) is 0 Å². The van der Waals surface area contributed by atoms with Crippen LogP contribution in [0.4, 0.5) is 11.4 Å². The summed E-state index contributed by atoms with van der Waals surface area (Å²) in [7, 11) is 1.67. The zero-order valence-electron chi connectivity index (χ0n) is 11.7. The lowest BCUT2D eigenvalue weighted by atomic mass is 10.2. The average molecular weight is 295 g/mol. The van der Waals surface area contributed by atoms with Gasteiger partial charge in [0, 0.05) is 26.7 Å². The molecule has 0 radical (unpaired) electrons. The first-order valence-corrected chi connectivity index (χ1v) is 7.17. The molecule has 2 N–H and O–H groups in total. The largest absolute Gasteiger partial charge is 0.383 e. The maximum absolute atomic E-state index is 5.39. The zero-order valence-corrected chi connectivity index (χ0v) is 12.5. The number of methoxy groups -OCH3 is 1. The van der Waals surface area contributed by atoms with E-state index in [0.717, 1.165) is 37.7 Å². The van der Waals surface area contributed by atoms with Crippen molar-refractivity contribution in [2.45, 2.75) is 0 Å². The lowest BCUT2D eigenvalue weighted by molar-refractivity contribution is 0.123. The van der Waals surface area contributed by atoms with E-state index in [1.165, 1.54) is 0 Å². The highest BCUT2D eigenvalue weighted by Crippen LogP contribution is 2.26. The molecule has 1 aromatic rings. The lowest BCUT2D eigenvalue weighted by Gasteiger charge is -2.30. The molecular formula is C14H21N3O2S. The summed E-state index contributed by atoms with van der Waals surface area (Å²) < 4.78 is 10.4. The van der Waals surface area contributed by atoms with Crippen molar-refractivity contribution in [3.63, 3.8) is 0 Å². The average Bonchev–Trinajstić information content (AvgIpc) is 2.49. The van der Waals surface area contributed by atoms with E-state index in [9.17, 15) is 0 Å². The Labute approximate surface area is 125 Å². The van der Waals surface area contributed by atoms with Gasteiger partial charge in [0.05, 0.1) is 31.2 Å². The maximum atomic E-state index is 5.39. The van der Waals surface area contributed by atoms with Crippen molar-refractivity contribution < 1.29 is 9.47 Å². The lowest BCUT2D eigenvalue weighted by Crippen LogP contribution is -2.37. The van der Waals surface area contributed by atoms with Gasteiger partial charge in [0.25, 0.3) is 0 Å². The molecule has 0 aromatic heterocycles. The molecule has 0 saturated carbocycles. The van der Waals surface area contributed by atoms with E-state index in [-0.39, 0.29) is 0 Å². The van der Waals surface area contributed by atoms with Crippen LogP contribution in [0.25, 0.3) is 0 Å². The third kappa shape index (κ3) is 4.33. The maximum Gasteiger partial charge on any atom is 0.170 e. The molecule has 1 saturated heterocycles. The van der Waals surface area contributed by atoms with Gasteiger partial charge < -0.3 is 25.0 Å². The molecule has 0 aliphatic carbocycles. The van der Waals surface area contributed by atoms with Crippen molar-refractivity contribution in [2.75, 3.05) is 56.8 Å². The van der Waals surface area contributed by atoms with Crippen molar-refractivity contribution in [1.29, 1.82) is 0 Å². The summed E-state index contributed by atoms with van der Waals surface area (Å²) in [6.07, 6.45) is 0. The van der Waals surface area contributed by atoms with Gasteiger partial charge in [0.15, 0.2) is 5.11 Å². The van der Waals surface area contributed by atoms with Crippen molar-refractivity contribution in [2.24, 2.45) is 0 Å². The second-order valence-corrected chi connectivity index (χ2v) is 4.90. The molecule has 110 valence electrons. The molecule has 1 heterocycles. The van der Waals surface area contributed by atoms with Crippen LogP contribution in [-0.2, 0) is 9.47 Å². The summed E-state index contributed by atoms with van der Waals surface area (Å²) in [4.78, 5) is 2.31. The number of ether oxygens (including phenoxy) is 2. The Morgan fingerprint density at radius 1 is 1.35 bits per heavy atom. The SMILES string of the molecule is COCCNC(=S)Nc1ccccc1N1CCOCC1. The van der Waals surface area contributed by atoms with Gasteiger partial charge in [-0.1, -0.05) is 12.1 Å². The number of anilines is 2. The first-order chi connectivity index (χ1) is 9.81. The van der Waals surface area contributed by atoms with Crippen molar-refractivity contribution in [1.82, 2.24) is 5.32 Å². The highest BCUT2D eigenvalue weighted by atomic mass is 32.1. The predicted molar refractivity (Wildman–Crippen MR) is 85.6 cm³/mol. The Morgan fingerprint density at radius 3 is 2.85 bits per heavy atom. The topological polar surface area (TPSA) is 45.8 Å². The second-order valence-electron chi connectivity index (χ2n) is 4.49. The summed E-state index contributed by atoms with van der Waals surface area (Å²) in [5.41, 5.74) is 2.18. The number of rotatable bonds is 5.